The first kappa shape index (κ1) is 54.3. The Kier molecular flexibility index (Phi) is 30.5. The smallest absolute Gasteiger partial charge is 0.220 e. The normalized spacial score (nSPS) is 28.6. The van der Waals surface area contributed by atoms with Gasteiger partial charge in [-0.25, -0.2) is 0 Å². The van der Waals surface area contributed by atoms with Crippen molar-refractivity contribution in [1.29, 1.82) is 0 Å². The standard InChI is InChI=1S/C46H83NO13/c1-3-5-7-9-11-13-15-16-17-18-20-21-23-25-27-29-35(50)34(47-38(51)30-28-26-24-22-19-14-12-10-8-6-4-2)33-57-45-43(56)41(54)44(37(32-49)59-45)60-46-42(55)40(53)39(52)36(31-48)58-46/h10,12,20-21,27,29,34-37,39-46,48-50,52-56H,3-9,11,13-19,22-26,28,30-33H2,1-2H3,(H,47,51)/b12-10-,21-20+,29-27+. The van der Waals surface area contributed by atoms with Crippen LogP contribution in [0.4, 0.5) is 0 Å². The quantitative estimate of drug-likeness (QED) is 0.0315. The lowest BCUT2D eigenvalue weighted by molar-refractivity contribution is -0.359. The Labute approximate surface area is 360 Å². The van der Waals surface area contributed by atoms with E-state index in [9.17, 15) is 45.6 Å². The summed E-state index contributed by atoms with van der Waals surface area (Å²) in [7, 11) is 0. The van der Waals surface area contributed by atoms with Gasteiger partial charge < -0.3 is 65.1 Å². The molecule has 2 heterocycles. The molecule has 60 heavy (non-hydrogen) atoms. The number of aliphatic hydroxyl groups excluding tert-OH is 8. The highest BCUT2D eigenvalue weighted by Crippen LogP contribution is 2.30. The van der Waals surface area contributed by atoms with Gasteiger partial charge in [-0.05, 0) is 51.4 Å². The van der Waals surface area contributed by atoms with Crippen LogP contribution in [-0.4, -0.2) is 140 Å². The number of hydrogen-bond acceptors (Lipinski definition) is 13. The fourth-order valence-corrected chi connectivity index (χ4v) is 7.40. The Morgan fingerprint density at radius 2 is 1.08 bits per heavy atom. The summed E-state index contributed by atoms with van der Waals surface area (Å²) in [6.07, 6.45) is 19.1. The molecule has 14 heteroatoms. The maximum absolute atomic E-state index is 13.1. The second-order valence-corrected chi connectivity index (χ2v) is 16.5. The monoisotopic (exact) mass is 858 g/mol. The fraction of sp³-hybridized carbons (Fsp3) is 0.848. The van der Waals surface area contributed by atoms with Crippen molar-refractivity contribution in [2.75, 3.05) is 19.8 Å². The van der Waals surface area contributed by atoms with Crippen LogP contribution in [0.3, 0.4) is 0 Å². The molecule has 0 radical (unpaired) electrons. The van der Waals surface area contributed by atoms with E-state index in [2.05, 4.69) is 43.5 Å². The number of allylic oxidation sites excluding steroid dienone is 5. The summed E-state index contributed by atoms with van der Waals surface area (Å²) in [4.78, 5) is 13.1. The van der Waals surface area contributed by atoms with Crippen molar-refractivity contribution in [3.8, 4) is 0 Å². The lowest BCUT2D eigenvalue weighted by Crippen LogP contribution is -2.65. The summed E-state index contributed by atoms with van der Waals surface area (Å²) in [5, 5.41) is 86.4. The van der Waals surface area contributed by atoms with Crippen LogP contribution < -0.4 is 5.32 Å². The van der Waals surface area contributed by atoms with Crippen molar-refractivity contribution >= 4 is 5.91 Å². The third kappa shape index (κ3) is 21.5. The van der Waals surface area contributed by atoms with Gasteiger partial charge in [-0.2, -0.15) is 0 Å². The van der Waals surface area contributed by atoms with Gasteiger partial charge in [0.25, 0.3) is 0 Å². The Morgan fingerprint density at radius 1 is 0.583 bits per heavy atom. The highest BCUT2D eigenvalue weighted by Gasteiger charge is 2.50. The van der Waals surface area contributed by atoms with Gasteiger partial charge in [0.1, 0.15) is 48.8 Å². The van der Waals surface area contributed by atoms with Crippen LogP contribution in [0.1, 0.15) is 155 Å². The topological polar surface area (TPSA) is 228 Å². The van der Waals surface area contributed by atoms with Gasteiger partial charge in [-0.3, -0.25) is 4.79 Å². The second kappa shape index (κ2) is 33.7. The maximum Gasteiger partial charge on any atom is 0.220 e. The molecule has 2 rings (SSSR count). The van der Waals surface area contributed by atoms with Crippen molar-refractivity contribution in [2.45, 2.75) is 229 Å². The fourth-order valence-electron chi connectivity index (χ4n) is 7.40. The molecule has 0 saturated carbocycles. The predicted molar refractivity (Wildman–Crippen MR) is 231 cm³/mol. The number of rotatable bonds is 34. The maximum atomic E-state index is 13.1. The Morgan fingerprint density at radius 3 is 1.68 bits per heavy atom. The molecule has 12 atom stereocenters. The summed E-state index contributed by atoms with van der Waals surface area (Å²) >= 11 is 0. The minimum atomic E-state index is -1.79. The van der Waals surface area contributed by atoms with Crippen LogP contribution in [0.15, 0.2) is 36.5 Å². The molecule has 2 fully saturated rings. The molecule has 0 aliphatic carbocycles. The van der Waals surface area contributed by atoms with E-state index in [0.717, 1.165) is 51.4 Å². The van der Waals surface area contributed by atoms with E-state index in [-0.39, 0.29) is 18.9 Å². The van der Waals surface area contributed by atoms with Crippen LogP contribution in [0, 0.1) is 0 Å². The first-order chi connectivity index (χ1) is 29.1. The molecule has 350 valence electrons. The molecule has 0 spiro atoms. The first-order valence-electron chi connectivity index (χ1n) is 23.2. The number of unbranched alkanes of at least 4 members (excludes halogenated alkanes) is 17. The zero-order chi connectivity index (χ0) is 44.0. The molecule has 0 aromatic rings. The zero-order valence-corrected chi connectivity index (χ0v) is 36.7. The third-order valence-corrected chi connectivity index (χ3v) is 11.3. The van der Waals surface area contributed by atoms with Crippen molar-refractivity contribution in [2.24, 2.45) is 0 Å². The van der Waals surface area contributed by atoms with Crippen molar-refractivity contribution in [3.05, 3.63) is 36.5 Å². The van der Waals surface area contributed by atoms with Gasteiger partial charge in [0.05, 0.1) is 32.0 Å². The van der Waals surface area contributed by atoms with E-state index < -0.39 is 86.8 Å². The summed E-state index contributed by atoms with van der Waals surface area (Å²) in [6, 6.07) is -0.931. The van der Waals surface area contributed by atoms with Crippen LogP contribution in [0.25, 0.3) is 0 Å². The molecular formula is C46H83NO13. The van der Waals surface area contributed by atoms with E-state index in [0.29, 0.717) is 12.8 Å². The molecular weight excluding hydrogens is 774 g/mol. The highest BCUT2D eigenvalue weighted by molar-refractivity contribution is 5.76. The van der Waals surface area contributed by atoms with E-state index in [1.165, 1.54) is 70.6 Å². The largest absolute Gasteiger partial charge is 0.394 e. The number of nitrogens with one attached hydrogen (secondary N) is 1. The number of aliphatic hydroxyl groups is 8. The summed E-state index contributed by atoms with van der Waals surface area (Å²) in [5.41, 5.74) is 0. The van der Waals surface area contributed by atoms with Crippen molar-refractivity contribution in [3.63, 3.8) is 0 Å². The lowest BCUT2D eigenvalue weighted by atomic mass is 9.97. The second-order valence-electron chi connectivity index (χ2n) is 16.5. The minimum absolute atomic E-state index is 0.262. The average Bonchev–Trinajstić information content (AvgIpc) is 3.24. The molecule has 2 aliphatic heterocycles. The van der Waals surface area contributed by atoms with Crippen molar-refractivity contribution < 1.29 is 64.6 Å². The molecule has 2 saturated heterocycles. The number of ether oxygens (including phenoxy) is 4. The lowest BCUT2D eigenvalue weighted by Gasteiger charge is -2.46. The SMILES string of the molecule is CCCC/C=C\CCCCCCCC(=O)NC(COC1OC(CO)C(OC2OC(CO)C(O)C(O)C2O)C(O)C1O)C(O)/C=C/CC/C=C/CCCCCCCCCCC. The van der Waals surface area contributed by atoms with Gasteiger partial charge in [0.15, 0.2) is 12.6 Å². The first-order valence-corrected chi connectivity index (χ1v) is 23.2. The minimum Gasteiger partial charge on any atom is -0.394 e. The van der Waals surface area contributed by atoms with Crippen LogP contribution in [0.5, 0.6) is 0 Å². The summed E-state index contributed by atoms with van der Waals surface area (Å²) in [5.74, 6) is -0.263. The average molecular weight is 858 g/mol. The number of hydrogen-bond donors (Lipinski definition) is 9. The van der Waals surface area contributed by atoms with Crippen LogP contribution in [0.2, 0.25) is 0 Å². The Balaban J connectivity index is 1.92. The molecule has 1 amide bonds. The Hall–Kier alpha value is -1.79. The number of carbonyl (C=O) groups is 1. The van der Waals surface area contributed by atoms with Gasteiger partial charge in [0.2, 0.25) is 5.91 Å². The molecule has 0 aromatic heterocycles. The molecule has 14 nitrogen and oxygen atoms in total. The van der Waals surface area contributed by atoms with E-state index in [4.69, 9.17) is 18.9 Å². The molecule has 9 N–H and O–H groups in total. The molecule has 12 unspecified atom stereocenters. The summed E-state index contributed by atoms with van der Waals surface area (Å²) in [6.45, 7) is 2.69. The summed E-state index contributed by atoms with van der Waals surface area (Å²) < 4.78 is 22.6. The highest BCUT2D eigenvalue weighted by atomic mass is 16.7. The Bertz CT molecular complexity index is 1150. The number of amides is 1. The van der Waals surface area contributed by atoms with E-state index in [1.54, 1.807) is 6.08 Å². The van der Waals surface area contributed by atoms with Crippen LogP contribution >= 0.6 is 0 Å². The van der Waals surface area contributed by atoms with E-state index >= 15 is 0 Å². The molecule has 2 aliphatic rings. The molecule has 0 aromatic carbocycles. The predicted octanol–water partition coefficient (Wildman–Crippen LogP) is 4.76. The van der Waals surface area contributed by atoms with E-state index in [1.807, 2.05) is 6.08 Å². The molecule has 0 bridgehead atoms. The van der Waals surface area contributed by atoms with Crippen LogP contribution in [-0.2, 0) is 23.7 Å². The van der Waals surface area contributed by atoms with Gasteiger partial charge >= 0.3 is 0 Å². The van der Waals surface area contributed by atoms with Gasteiger partial charge in [-0.15, -0.1) is 0 Å². The van der Waals surface area contributed by atoms with Gasteiger partial charge in [-0.1, -0.05) is 134 Å². The third-order valence-electron chi connectivity index (χ3n) is 11.3. The number of carbonyl (C=O) groups excluding carboxylic acids is 1. The zero-order valence-electron chi connectivity index (χ0n) is 36.7. The van der Waals surface area contributed by atoms with Crippen molar-refractivity contribution in [1.82, 2.24) is 5.32 Å². The van der Waals surface area contributed by atoms with Gasteiger partial charge in [0, 0.05) is 6.42 Å².